The van der Waals surface area contributed by atoms with Crippen LogP contribution in [0, 0.1) is 13.8 Å². The van der Waals surface area contributed by atoms with Gasteiger partial charge in [0.25, 0.3) is 0 Å². The van der Waals surface area contributed by atoms with Crippen molar-refractivity contribution in [3.8, 4) is 0 Å². The molecule has 0 unspecified atom stereocenters. The van der Waals surface area contributed by atoms with E-state index in [2.05, 4.69) is 55.4 Å². The van der Waals surface area contributed by atoms with Gasteiger partial charge in [0.1, 0.15) is 0 Å². The van der Waals surface area contributed by atoms with E-state index in [-0.39, 0.29) is 0 Å². The minimum Gasteiger partial charge on any atom is -0.333 e. The van der Waals surface area contributed by atoms with E-state index in [0.29, 0.717) is 0 Å². The van der Waals surface area contributed by atoms with E-state index in [1.807, 2.05) is 0 Å². The van der Waals surface area contributed by atoms with E-state index in [9.17, 15) is 0 Å². The fourth-order valence-corrected chi connectivity index (χ4v) is 0.663. The summed E-state index contributed by atoms with van der Waals surface area (Å²) in [6.07, 6.45) is 1.47. The lowest BCUT2D eigenvalue weighted by Crippen LogP contribution is -1.74. The van der Waals surface area contributed by atoms with E-state index in [4.69, 9.17) is 0 Å². The smallest absolute Gasteiger partial charge is 0.0108 e. The van der Waals surface area contributed by atoms with Gasteiger partial charge in [0.05, 0.1) is 0 Å². The zero-order chi connectivity index (χ0) is 9.98. The molecular formula is C10H18ClN. The standard InChI is InChI=1S/C8H10.CH3Cl.CH5N/c1-7-5-3-4-6-8(7)2;2*1-2/h3-6H,1-2H3;1H3;2H2,1H3. The lowest BCUT2D eigenvalue weighted by molar-refractivity contribution is 1.34. The summed E-state index contributed by atoms with van der Waals surface area (Å²) in [4.78, 5) is 0. The van der Waals surface area contributed by atoms with E-state index < -0.39 is 0 Å². The second kappa shape index (κ2) is 10.5. The third-order valence-corrected chi connectivity index (χ3v) is 1.43. The zero-order valence-electron chi connectivity index (χ0n) is 8.26. The first kappa shape index (κ1) is 14.0. The topological polar surface area (TPSA) is 26.0 Å². The Bertz CT molecular complexity index is 166. The number of nitrogens with two attached hydrogens (primary N) is 1. The second-order valence-corrected chi connectivity index (χ2v) is 2.08. The number of benzene rings is 1. The van der Waals surface area contributed by atoms with Gasteiger partial charge in [0, 0.05) is 6.38 Å². The molecule has 0 aliphatic rings. The fourth-order valence-electron chi connectivity index (χ4n) is 0.663. The Morgan fingerprint density at radius 1 is 0.917 bits per heavy atom. The van der Waals surface area contributed by atoms with Gasteiger partial charge in [-0.05, 0) is 32.0 Å². The number of rotatable bonds is 0. The first-order chi connectivity index (χ1) is 5.80. The number of hydrogen-bond acceptors (Lipinski definition) is 1. The summed E-state index contributed by atoms with van der Waals surface area (Å²) < 4.78 is 0. The van der Waals surface area contributed by atoms with Crippen LogP contribution in [0.1, 0.15) is 11.1 Å². The molecule has 0 saturated heterocycles. The summed E-state index contributed by atoms with van der Waals surface area (Å²) >= 11 is 4.64. The van der Waals surface area contributed by atoms with Crippen molar-refractivity contribution < 1.29 is 0 Å². The Morgan fingerprint density at radius 2 is 1.17 bits per heavy atom. The highest BCUT2D eigenvalue weighted by atomic mass is 35.5. The van der Waals surface area contributed by atoms with E-state index in [0.717, 1.165) is 0 Å². The molecule has 0 bridgehead atoms. The SMILES string of the molecule is CCl.CN.Cc1ccccc1C. The molecule has 0 radical (unpaired) electrons. The summed E-state index contributed by atoms with van der Waals surface area (Å²) in [6.45, 7) is 4.24. The molecule has 1 aromatic carbocycles. The quantitative estimate of drug-likeness (QED) is 0.622. The van der Waals surface area contributed by atoms with Crippen molar-refractivity contribution >= 4 is 11.6 Å². The van der Waals surface area contributed by atoms with Crippen LogP contribution in [-0.2, 0) is 0 Å². The van der Waals surface area contributed by atoms with Crippen molar-refractivity contribution in [2.45, 2.75) is 13.8 Å². The molecule has 1 rings (SSSR count). The minimum atomic E-state index is 1.37. The van der Waals surface area contributed by atoms with Gasteiger partial charge in [-0.3, -0.25) is 0 Å². The molecule has 0 spiro atoms. The first-order valence-corrected chi connectivity index (χ1v) is 4.54. The monoisotopic (exact) mass is 187 g/mol. The van der Waals surface area contributed by atoms with Gasteiger partial charge in [-0.1, -0.05) is 24.3 Å². The van der Waals surface area contributed by atoms with Crippen molar-refractivity contribution in [1.82, 2.24) is 0 Å². The highest BCUT2D eigenvalue weighted by molar-refractivity contribution is 6.15. The predicted octanol–water partition coefficient (Wildman–Crippen LogP) is 2.73. The molecule has 2 heteroatoms. The van der Waals surface area contributed by atoms with Crippen LogP contribution in [0.15, 0.2) is 24.3 Å². The van der Waals surface area contributed by atoms with Crippen LogP contribution in [-0.4, -0.2) is 13.4 Å². The molecule has 1 nitrogen and oxygen atoms in total. The summed E-state index contributed by atoms with van der Waals surface area (Å²) in [5.74, 6) is 0. The van der Waals surface area contributed by atoms with Crippen LogP contribution in [0.2, 0.25) is 0 Å². The van der Waals surface area contributed by atoms with Crippen molar-refractivity contribution in [3.05, 3.63) is 35.4 Å². The van der Waals surface area contributed by atoms with Crippen LogP contribution in [0.5, 0.6) is 0 Å². The molecule has 0 heterocycles. The zero-order valence-corrected chi connectivity index (χ0v) is 9.02. The average Bonchev–Trinajstić information content (AvgIpc) is 2.17. The summed E-state index contributed by atoms with van der Waals surface area (Å²) in [7, 11) is 1.50. The summed E-state index contributed by atoms with van der Waals surface area (Å²) in [5.41, 5.74) is 7.24. The molecule has 0 aromatic heterocycles. The number of hydrogen-bond donors (Lipinski definition) is 1. The normalized spacial score (nSPS) is 7.17. The lowest BCUT2D eigenvalue weighted by Gasteiger charge is -1.93. The maximum absolute atomic E-state index is 4.64. The summed E-state index contributed by atoms with van der Waals surface area (Å²) in [5, 5.41) is 0. The molecule has 0 aliphatic carbocycles. The van der Waals surface area contributed by atoms with Crippen LogP contribution in [0.4, 0.5) is 0 Å². The minimum absolute atomic E-state index is 1.37. The molecular weight excluding hydrogens is 170 g/mol. The van der Waals surface area contributed by atoms with Gasteiger partial charge in [0.2, 0.25) is 0 Å². The molecule has 0 fully saturated rings. The highest BCUT2D eigenvalue weighted by Crippen LogP contribution is 2.02. The van der Waals surface area contributed by atoms with E-state index in [1.54, 1.807) is 0 Å². The fraction of sp³-hybridized carbons (Fsp3) is 0.400. The van der Waals surface area contributed by atoms with Crippen LogP contribution < -0.4 is 5.73 Å². The maximum atomic E-state index is 4.64. The second-order valence-electron chi connectivity index (χ2n) is 2.08. The van der Waals surface area contributed by atoms with Gasteiger partial charge in [0.15, 0.2) is 0 Å². The summed E-state index contributed by atoms with van der Waals surface area (Å²) in [6, 6.07) is 8.36. The van der Waals surface area contributed by atoms with Gasteiger partial charge < -0.3 is 5.73 Å². The van der Waals surface area contributed by atoms with E-state index >= 15 is 0 Å². The predicted molar refractivity (Wildman–Crippen MR) is 57.8 cm³/mol. The van der Waals surface area contributed by atoms with Gasteiger partial charge in [-0.25, -0.2) is 0 Å². The van der Waals surface area contributed by atoms with Crippen LogP contribution in [0.3, 0.4) is 0 Å². The number of aryl methyl sites for hydroxylation is 2. The van der Waals surface area contributed by atoms with Crippen LogP contribution in [0.25, 0.3) is 0 Å². The van der Waals surface area contributed by atoms with Crippen molar-refractivity contribution in [2.24, 2.45) is 5.73 Å². The molecule has 0 atom stereocenters. The molecule has 0 saturated carbocycles. The molecule has 1 aromatic rings. The van der Waals surface area contributed by atoms with Crippen molar-refractivity contribution in [1.29, 1.82) is 0 Å². The molecule has 0 amide bonds. The molecule has 70 valence electrons. The number of halogens is 1. The Morgan fingerprint density at radius 3 is 1.33 bits per heavy atom. The van der Waals surface area contributed by atoms with Crippen LogP contribution >= 0.6 is 11.6 Å². The lowest BCUT2D eigenvalue weighted by atomic mass is 10.1. The third-order valence-electron chi connectivity index (χ3n) is 1.43. The Balaban J connectivity index is 0. The largest absolute Gasteiger partial charge is 0.333 e. The number of alkyl halides is 1. The average molecular weight is 188 g/mol. The van der Waals surface area contributed by atoms with Crippen molar-refractivity contribution in [2.75, 3.05) is 13.4 Å². The molecule has 0 aliphatic heterocycles. The van der Waals surface area contributed by atoms with E-state index in [1.165, 1.54) is 24.6 Å². The highest BCUT2D eigenvalue weighted by Gasteiger charge is 1.83. The Labute approximate surface area is 80.5 Å². The van der Waals surface area contributed by atoms with Gasteiger partial charge >= 0.3 is 0 Å². The van der Waals surface area contributed by atoms with Gasteiger partial charge in [-0.15, -0.1) is 11.6 Å². The Kier molecular flexibility index (Phi) is 12.2. The maximum Gasteiger partial charge on any atom is 0.0108 e. The first-order valence-electron chi connectivity index (χ1n) is 3.78. The van der Waals surface area contributed by atoms with Crippen molar-refractivity contribution in [3.63, 3.8) is 0 Å². The molecule has 12 heavy (non-hydrogen) atoms. The Hall–Kier alpha value is -0.530. The third kappa shape index (κ3) is 6.20. The van der Waals surface area contributed by atoms with Gasteiger partial charge in [-0.2, -0.15) is 0 Å². The molecule has 2 N–H and O–H groups in total.